The van der Waals surface area contributed by atoms with Gasteiger partial charge >= 0.3 is 0 Å². The first-order valence-corrected chi connectivity index (χ1v) is 7.72. The largest absolute Gasteiger partial charge is 0.368 e. The van der Waals surface area contributed by atoms with Crippen LogP contribution in [0.2, 0.25) is 0 Å². The fourth-order valence-corrected chi connectivity index (χ4v) is 3.06. The lowest BCUT2D eigenvalue weighted by Gasteiger charge is -2.17. The van der Waals surface area contributed by atoms with Crippen LogP contribution in [0, 0.1) is 0 Å². The van der Waals surface area contributed by atoms with Gasteiger partial charge < -0.3 is 16.0 Å². The summed E-state index contributed by atoms with van der Waals surface area (Å²) < 4.78 is 0. The zero-order chi connectivity index (χ0) is 13.9. The van der Waals surface area contributed by atoms with Crippen LogP contribution in [0.5, 0.6) is 0 Å². The lowest BCUT2D eigenvalue weighted by Crippen LogP contribution is -2.22. The third kappa shape index (κ3) is 2.82. The molecular weight excluding hydrogens is 272 g/mol. The van der Waals surface area contributed by atoms with Crippen molar-refractivity contribution in [2.75, 3.05) is 29.0 Å². The smallest absolute Gasteiger partial charge is 0.231 e. The fourth-order valence-electron chi connectivity index (χ4n) is 2.30. The van der Waals surface area contributed by atoms with Crippen molar-refractivity contribution in [1.82, 2.24) is 15.0 Å². The Kier molecular flexibility index (Phi) is 3.68. The fraction of sp³-hybridized carbons (Fsp3) is 0.462. The summed E-state index contributed by atoms with van der Waals surface area (Å²) in [6, 6.07) is 2.24. The van der Waals surface area contributed by atoms with E-state index in [0.717, 1.165) is 13.1 Å². The Labute approximate surface area is 122 Å². The second-order valence-electron chi connectivity index (χ2n) is 4.93. The van der Waals surface area contributed by atoms with Crippen molar-refractivity contribution >= 4 is 29.2 Å². The molecule has 1 unspecified atom stereocenters. The molecule has 7 heteroatoms. The van der Waals surface area contributed by atoms with Crippen molar-refractivity contribution < 1.29 is 0 Å². The Hall–Kier alpha value is -1.89. The molecule has 1 saturated heterocycles. The number of aromatic nitrogens is 3. The highest BCUT2D eigenvalue weighted by atomic mass is 32.1. The number of nitrogens with two attached hydrogens (primary N) is 1. The van der Waals surface area contributed by atoms with Gasteiger partial charge in [0.15, 0.2) is 0 Å². The minimum atomic E-state index is 0.148. The summed E-state index contributed by atoms with van der Waals surface area (Å²) in [6.45, 7) is 4.06. The lowest BCUT2D eigenvalue weighted by atomic mass is 10.2. The van der Waals surface area contributed by atoms with Crippen LogP contribution in [0.15, 0.2) is 16.8 Å². The highest BCUT2D eigenvalue weighted by molar-refractivity contribution is 7.07. The summed E-state index contributed by atoms with van der Waals surface area (Å²) in [4.78, 5) is 15.0. The number of nitrogens with one attached hydrogen (secondary N) is 1. The normalized spacial score (nSPS) is 16.4. The maximum atomic E-state index is 5.79. The van der Waals surface area contributed by atoms with E-state index in [1.54, 1.807) is 11.3 Å². The SMILES string of the molecule is CC(Nc1nc(N)nc(N2CCCC2)n1)c1ccsc1. The monoisotopic (exact) mass is 290 g/mol. The number of hydrogen-bond acceptors (Lipinski definition) is 7. The van der Waals surface area contributed by atoms with Crippen molar-refractivity contribution in [1.29, 1.82) is 0 Å². The number of nitrogen functional groups attached to an aromatic ring is 1. The molecule has 0 radical (unpaired) electrons. The molecule has 0 spiro atoms. The number of hydrogen-bond donors (Lipinski definition) is 2. The van der Waals surface area contributed by atoms with Crippen LogP contribution in [0.4, 0.5) is 17.8 Å². The van der Waals surface area contributed by atoms with Crippen molar-refractivity contribution in [2.45, 2.75) is 25.8 Å². The Balaban J connectivity index is 1.79. The van der Waals surface area contributed by atoms with Crippen LogP contribution in [0.25, 0.3) is 0 Å². The minimum Gasteiger partial charge on any atom is -0.368 e. The molecular formula is C13H18N6S. The van der Waals surface area contributed by atoms with Crippen LogP contribution in [0.1, 0.15) is 31.4 Å². The summed E-state index contributed by atoms with van der Waals surface area (Å²) in [5.74, 6) is 1.48. The summed E-state index contributed by atoms with van der Waals surface area (Å²) in [5.41, 5.74) is 7.01. The standard InChI is InChI=1S/C13H18N6S/c1-9(10-4-7-20-8-10)15-12-16-11(14)17-13(18-12)19-5-2-3-6-19/h4,7-9H,2-3,5-6H2,1H3,(H3,14,15,16,17,18). The predicted molar refractivity (Wildman–Crippen MR) is 82.0 cm³/mol. The molecule has 2 aromatic rings. The van der Waals surface area contributed by atoms with Gasteiger partial charge in [0.05, 0.1) is 6.04 Å². The lowest BCUT2D eigenvalue weighted by molar-refractivity contribution is 0.840. The average molecular weight is 290 g/mol. The molecule has 0 bridgehead atoms. The second kappa shape index (κ2) is 5.62. The van der Waals surface area contributed by atoms with Crippen molar-refractivity contribution in [2.24, 2.45) is 0 Å². The Bertz CT molecular complexity index is 564. The summed E-state index contributed by atoms with van der Waals surface area (Å²) in [5, 5.41) is 7.46. The molecule has 0 saturated carbocycles. The number of rotatable bonds is 4. The van der Waals surface area contributed by atoms with Crippen LogP contribution >= 0.6 is 11.3 Å². The first-order chi connectivity index (χ1) is 9.72. The molecule has 20 heavy (non-hydrogen) atoms. The van der Waals surface area contributed by atoms with Gasteiger partial charge in [-0.2, -0.15) is 26.3 Å². The average Bonchev–Trinajstić information content (AvgIpc) is 3.12. The molecule has 1 atom stereocenters. The molecule has 3 heterocycles. The van der Waals surface area contributed by atoms with Crippen LogP contribution < -0.4 is 16.0 Å². The van der Waals surface area contributed by atoms with Gasteiger partial charge in [-0.25, -0.2) is 0 Å². The molecule has 2 aromatic heterocycles. The van der Waals surface area contributed by atoms with E-state index in [-0.39, 0.29) is 12.0 Å². The van der Waals surface area contributed by atoms with Crippen LogP contribution in [-0.2, 0) is 0 Å². The van der Waals surface area contributed by atoms with Gasteiger partial charge in [0.1, 0.15) is 0 Å². The van der Waals surface area contributed by atoms with E-state index < -0.39 is 0 Å². The van der Waals surface area contributed by atoms with E-state index in [2.05, 4.69) is 48.9 Å². The first-order valence-electron chi connectivity index (χ1n) is 6.77. The maximum absolute atomic E-state index is 5.79. The summed E-state index contributed by atoms with van der Waals surface area (Å²) >= 11 is 1.68. The van der Waals surface area contributed by atoms with E-state index in [1.165, 1.54) is 18.4 Å². The zero-order valence-corrected chi connectivity index (χ0v) is 12.2. The topological polar surface area (TPSA) is 80.0 Å². The van der Waals surface area contributed by atoms with E-state index in [1.807, 2.05) is 0 Å². The third-order valence-electron chi connectivity index (χ3n) is 3.42. The summed E-state index contributed by atoms with van der Waals surface area (Å²) in [6.07, 6.45) is 2.36. The highest BCUT2D eigenvalue weighted by Crippen LogP contribution is 2.22. The van der Waals surface area contributed by atoms with Crippen LogP contribution in [-0.4, -0.2) is 28.0 Å². The quantitative estimate of drug-likeness (QED) is 0.899. The Morgan fingerprint density at radius 2 is 2.10 bits per heavy atom. The van der Waals surface area contributed by atoms with Gasteiger partial charge in [-0.05, 0) is 42.2 Å². The molecule has 1 aliphatic rings. The molecule has 0 aromatic carbocycles. The molecule has 1 fully saturated rings. The molecule has 6 nitrogen and oxygen atoms in total. The predicted octanol–water partition coefficient (Wildman–Crippen LogP) is 2.29. The maximum Gasteiger partial charge on any atom is 0.231 e. The zero-order valence-electron chi connectivity index (χ0n) is 11.4. The summed E-state index contributed by atoms with van der Waals surface area (Å²) in [7, 11) is 0. The van der Waals surface area contributed by atoms with Gasteiger partial charge in [0.2, 0.25) is 17.8 Å². The van der Waals surface area contributed by atoms with E-state index in [9.17, 15) is 0 Å². The third-order valence-corrected chi connectivity index (χ3v) is 4.12. The molecule has 106 valence electrons. The number of thiophene rings is 1. The molecule has 0 aliphatic carbocycles. The van der Waals surface area contributed by atoms with Gasteiger partial charge in [-0.15, -0.1) is 0 Å². The first kappa shape index (κ1) is 13.1. The van der Waals surface area contributed by atoms with E-state index >= 15 is 0 Å². The van der Waals surface area contributed by atoms with Crippen LogP contribution in [0.3, 0.4) is 0 Å². The van der Waals surface area contributed by atoms with Gasteiger partial charge in [-0.3, -0.25) is 0 Å². The highest BCUT2D eigenvalue weighted by Gasteiger charge is 2.17. The Morgan fingerprint density at radius 3 is 2.80 bits per heavy atom. The minimum absolute atomic E-state index is 0.148. The Morgan fingerprint density at radius 1 is 1.30 bits per heavy atom. The molecule has 3 N–H and O–H groups in total. The van der Waals surface area contributed by atoms with E-state index in [4.69, 9.17) is 5.73 Å². The number of anilines is 3. The van der Waals surface area contributed by atoms with Gasteiger partial charge in [0.25, 0.3) is 0 Å². The van der Waals surface area contributed by atoms with Gasteiger partial charge in [0, 0.05) is 13.1 Å². The molecule has 0 amide bonds. The molecule has 3 rings (SSSR count). The van der Waals surface area contributed by atoms with E-state index in [0.29, 0.717) is 11.9 Å². The van der Waals surface area contributed by atoms with Crippen molar-refractivity contribution in [3.63, 3.8) is 0 Å². The van der Waals surface area contributed by atoms with Crippen molar-refractivity contribution in [3.8, 4) is 0 Å². The van der Waals surface area contributed by atoms with Crippen molar-refractivity contribution in [3.05, 3.63) is 22.4 Å². The molecule has 1 aliphatic heterocycles. The van der Waals surface area contributed by atoms with Gasteiger partial charge in [-0.1, -0.05) is 0 Å². The second-order valence-corrected chi connectivity index (χ2v) is 5.71. The number of nitrogens with zero attached hydrogens (tertiary/aromatic N) is 4.